The highest BCUT2D eigenvalue weighted by Crippen LogP contribution is 2.29. The smallest absolute Gasteiger partial charge is 0.134 e. The third-order valence-electron chi connectivity index (χ3n) is 3.91. The average Bonchev–Trinajstić information content (AvgIpc) is 2.73. The summed E-state index contributed by atoms with van der Waals surface area (Å²) in [6.45, 7) is 10.9. The maximum Gasteiger partial charge on any atom is 0.134 e. The highest BCUT2D eigenvalue weighted by atomic mass is 16.3. The molecule has 3 heteroatoms. The number of para-hydroxylation sites is 1. The molecule has 0 aliphatic rings. The Hall–Kier alpha value is -1.32. The third kappa shape index (κ3) is 3.86. The number of aliphatic hydroxyl groups is 1. The molecule has 0 fully saturated rings. The van der Waals surface area contributed by atoms with Gasteiger partial charge in [0, 0.05) is 11.9 Å². The normalized spacial score (nSPS) is 16.3. The summed E-state index contributed by atoms with van der Waals surface area (Å²) in [4.78, 5) is 0. The Morgan fingerprint density at radius 3 is 2.52 bits per heavy atom. The van der Waals surface area contributed by atoms with Crippen molar-refractivity contribution in [3.8, 4) is 0 Å². The lowest BCUT2D eigenvalue weighted by molar-refractivity contribution is 0.0358. The fourth-order valence-corrected chi connectivity index (χ4v) is 3.02. The predicted molar refractivity (Wildman–Crippen MR) is 87.4 cm³/mol. The van der Waals surface area contributed by atoms with Gasteiger partial charge in [-0.25, -0.2) is 0 Å². The zero-order valence-corrected chi connectivity index (χ0v) is 13.7. The van der Waals surface area contributed by atoms with Gasteiger partial charge in [0.25, 0.3) is 0 Å². The Morgan fingerprint density at radius 2 is 1.90 bits per heavy atom. The Kier molecular flexibility index (Phi) is 4.74. The summed E-state index contributed by atoms with van der Waals surface area (Å²) in [7, 11) is 0. The zero-order chi connectivity index (χ0) is 15.6. The maximum atomic E-state index is 10.4. The van der Waals surface area contributed by atoms with E-state index in [1.807, 2.05) is 25.1 Å². The van der Waals surface area contributed by atoms with E-state index in [2.05, 4.69) is 39.1 Å². The van der Waals surface area contributed by atoms with Crippen LogP contribution in [0.3, 0.4) is 0 Å². The van der Waals surface area contributed by atoms with E-state index in [-0.39, 0.29) is 6.04 Å². The van der Waals surface area contributed by atoms with Gasteiger partial charge >= 0.3 is 0 Å². The van der Waals surface area contributed by atoms with Gasteiger partial charge in [-0.1, -0.05) is 32.0 Å². The molecule has 1 aromatic heterocycles. The van der Waals surface area contributed by atoms with E-state index in [0.717, 1.165) is 23.2 Å². The van der Waals surface area contributed by atoms with Crippen LogP contribution in [0.5, 0.6) is 0 Å². The van der Waals surface area contributed by atoms with Gasteiger partial charge in [-0.2, -0.15) is 0 Å². The van der Waals surface area contributed by atoms with Crippen LogP contribution in [-0.4, -0.2) is 17.3 Å². The first-order valence-corrected chi connectivity index (χ1v) is 7.74. The lowest BCUT2D eigenvalue weighted by Gasteiger charge is -2.27. The van der Waals surface area contributed by atoms with Gasteiger partial charge in [0.1, 0.15) is 11.3 Å². The average molecular weight is 289 g/mol. The number of aryl methyl sites for hydroxylation is 1. The van der Waals surface area contributed by atoms with E-state index in [1.54, 1.807) is 0 Å². The molecule has 116 valence electrons. The second kappa shape index (κ2) is 6.20. The van der Waals surface area contributed by atoms with Crippen molar-refractivity contribution in [2.24, 2.45) is 5.92 Å². The molecule has 0 amide bonds. The predicted octanol–water partition coefficient (Wildman–Crippen LogP) is 4.19. The molecule has 3 nitrogen and oxygen atoms in total. The summed E-state index contributed by atoms with van der Waals surface area (Å²) in [6.07, 6.45) is 0.784. The Labute approximate surface area is 127 Å². The van der Waals surface area contributed by atoms with Gasteiger partial charge < -0.3 is 14.8 Å². The molecule has 2 N–H and O–H groups in total. The van der Waals surface area contributed by atoms with Gasteiger partial charge in [-0.3, -0.25) is 0 Å². The van der Waals surface area contributed by atoms with Crippen molar-refractivity contribution >= 4 is 11.0 Å². The van der Waals surface area contributed by atoms with Gasteiger partial charge in [-0.05, 0) is 44.7 Å². The first-order valence-electron chi connectivity index (χ1n) is 7.74. The summed E-state index contributed by atoms with van der Waals surface area (Å²) in [6, 6.07) is 8.17. The van der Waals surface area contributed by atoms with E-state index in [4.69, 9.17) is 4.42 Å². The lowest BCUT2D eigenvalue weighted by atomic mass is 9.94. The van der Waals surface area contributed by atoms with Gasteiger partial charge in [0.2, 0.25) is 0 Å². The molecule has 0 saturated carbocycles. The van der Waals surface area contributed by atoms with Gasteiger partial charge in [-0.15, -0.1) is 0 Å². The first-order chi connectivity index (χ1) is 9.80. The van der Waals surface area contributed by atoms with Crippen molar-refractivity contribution in [2.75, 3.05) is 6.54 Å². The third-order valence-corrected chi connectivity index (χ3v) is 3.91. The SMILES string of the molecule is Cc1c(C(C)NCC(C)(O)CC(C)C)oc2ccccc12. The van der Waals surface area contributed by atoms with Crippen molar-refractivity contribution in [1.82, 2.24) is 5.32 Å². The van der Waals surface area contributed by atoms with E-state index in [0.29, 0.717) is 12.5 Å². The number of furan rings is 1. The number of fused-ring (bicyclic) bond motifs is 1. The topological polar surface area (TPSA) is 45.4 Å². The van der Waals surface area contributed by atoms with E-state index in [9.17, 15) is 5.11 Å². The van der Waals surface area contributed by atoms with E-state index >= 15 is 0 Å². The van der Waals surface area contributed by atoms with Crippen molar-refractivity contribution < 1.29 is 9.52 Å². The summed E-state index contributed by atoms with van der Waals surface area (Å²) in [5, 5.41) is 15.0. The molecule has 1 aromatic carbocycles. The minimum atomic E-state index is -0.692. The molecule has 0 aliphatic carbocycles. The first kappa shape index (κ1) is 16.1. The summed E-state index contributed by atoms with van der Waals surface area (Å²) in [5.41, 5.74) is 1.41. The standard InChI is InChI=1S/C18H27NO2/c1-12(2)10-18(5,20)11-19-14(4)17-13(3)15-8-6-7-9-16(15)21-17/h6-9,12,14,19-20H,10-11H2,1-5H3. The fourth-order valence-electron chi connectivity index (χ4n) is 3.02. The quantitative estimate of drug-likeness (QED) is 0.838. The van der Waals surface area contributed by atoms with Crippen LogP contribution in [-0.2, 0) is 0 Å². The largest absolute Gasteiger partial charge is 0.459 e. The highest BCUT2D eigenvalue weighted by Gasteiger charge is 2.24. The Bertz CT molecular complexity index is 598. The number of hydrogen-bond donors (Lipinski definition) is 2. The van der Waals surface area contributed by atoms with E-state index < -0.39 is 5.60 Å². The number of nitrogens with one attached hydrogen (secondary N) is 1. The van der Waals surface area contributed by atoms with Crippen LogP contribution in [0.1, 0.15) is 51.5 Å². The van der Waals surface area contributed by atoms with Gasteiger partial charge in [0.05, 0.1) is 11.6 Å². The molecule has 0 bridgehead atoms. The van der Waals surface area contributed by atoms with Crippen molar-refractivity contribution in [3.05, 3.63) is 35.6 Å². The minimum Gasteiger partial charge on any atom is -0.459 e. The second-order valence-electron chi connectivity index (χ2n) is 6.78. The van der Waals surface area contributed by atoms with Crippen molar-refractivity contribution in [2.45, 2.75) is 52.7 Å². The number of benzene rings is 1. The molecule has 0 spiro atoms. The Balaban J connectivity index is 2.09. The molecule has 2 rings (SSSR count). The van der Waals surface area contributed by atoms with Crippen LogP contribution in [0.25, 0.3) is 11.0 Å². The van der Waals surface area contributed by atoms with Crippen LogP contribution < -0.4 is 5.32 Å². The molecule has 0 radical (unpaired) electrons. The van der Waals surface area contributed by atoms with Crippen LogP contribution in [0.4, 0.5) is 0 Å². The van der Waals surface area contributed by atoms with Gasteiger partial charge in [0.15, 0.2) is 0 Å². The number of rotatable bonds is 6. The van der Waals surface area contributed by atoms with E-state index in [1.165, 1.54) is 5.56 Å². The molecule has 2 aromatic rings. The van der Waals surface area contributed by atoms with Crippen molar-refractivity contribution in [1.29, 1.82) is 0 Å². The second-order valence-corrected chi connectivity index (χ2v) is 6.78. The van der Waals surface area contributed by atoms with Crippen LogP contribution in [0.15, 0.2) is 28.7 Å². The fraction of sp³-hybridized carbons (Fsp3) is 0.556. The molecule has 2 atom stereocenters. The maximum absolute atomic E-state index is 10.4. The van der Waals surface area contributed by atoms with Crippen LogP contribution in [0, 0.1) is 12.8 Å². The van der Waals surface area contributed by atoms with Crippen LogP contribution in [0.2, 0.25) is 0 Å². The Morgan fingerprint density at radius 1 is 1.24 bits per heavy atom. The minimum absolute atomic E-state index is 0.0797. The number of hydrogen-bond acceptors (Lipinski definition) is 3. The molecule has 0 aliphatic heterocycles. The zero-order valence-electron chi connectivity index (χ0n) is 13.7. The summed E-state index contributed by atoms with van der Waals surface area (Å²) < 4.78 is 5.96. The monoisotopic (exact) mass is 289 g/mol. The molecule has 1 heterocycles. The lowest BCUT2D eigenvalue weighted by Crippen LogP contribution is -2.39. The molecular weight excluding hydrogens is 262 g/mol. The van der Waals surface area contributed by atoms with Crippen molar-refractivity contribution in [3.63, 3.8) is 0 Å². The molecule has 0 saturated heterocycles. The molecule has 2 unspecified atom stereocenters. The molecule has 21 heavy (non-hydrogen) atoms. The summed E-state index contributed by atoms with van der Waals surface area (Å²) in [5.74, 6) is 1.43. The molecular formula is C18H27NO2. The summed E-state index contributed by atoms with van der Waals surface area (Å²) >= 11 is 0. The highest BCUT2D eigenvalue weighted by molar-refractivity contribution is 5.82. The van der Waals surface area contributed by atoms with Crippen LogP contribution >= 0.6 is 0 Å².